The van der Waals surface area contributed by atoms with Crippen LogP contribution < -0.4 is 10.1 Å². The van der Waals surface area contributed by atoms with Gasteiger partial charge in [0.15, 0.2) is 0 Å². The summed E-state index contributed by atoms with van der Waals surface area (Å²) in [6.07, 6.45) is 1.67. The molecule has 3 rings (SSSR count). The number of nitrogens with zero attached hydrogens (tertiary/aromatic N) is 2. The highest BCUT2D eigenvalue weighted by Crippen LogP contribution is 2.19. The molecule has 0 fully saturated rings. The van der Waals surface area contributed by atoms with Gasteiger partial charge in [0, 0.05) is 17.1 Å². The summed E-state index contributed by atoms with van der Waals surface area (Å²) in [5, 5.41) is 7.77. The van der Waals surface area contributed by atoms with Crippen molar-refractivity contribution >= 4 is 23.2 Å². The van der Waals surface area contributed by atoms with E-state index in [0.29, 0.717) is 22.9 Å². The van der Waals surface area contributed by atoms with Gasteiger partial charge in [-0.1, -0.05) is 29.8 Å². The van der Waals surface area contributed by atoms with Crippen LogP contribution in [0, 0.1) is 6.92 Å². The standard InChI is InChI=1S/C20H20ClN3O2/c1-3-24-14(2)19(12-22-24)23-20(25)16-7-4-6-15(10-16)13-26-18-9-5-8-17(21)11-18/h4-12H,3,13H2,1-2H3,(H,23,25). The molecule has 5 nitrogen and oxygen atoms in total. The van der Waals surface area contributed by atoms with Gasteiger partial charge in [-0.25, -0.2) is 0 Å². The highest BCUT2D eigenvalue weighted by atomic mass is 35.5. The van der Waals surface area contributed by atoms with E-state index in [-0.39, 0.29) is 5.91 Å². The Kier molecular flexibility index (Phi) is 5.58. The van der Waals surface area contributed by atoms with E-state index in [1.807, 2.05) is 48.9 Å². The number of carbonyl (C=O) groups is 1. The fourth-order valence-electron chi connectivity index (χ4n) is 2.61. The van der Waals surface area contributed by atoms with Gasteiger partial charge in [-0.15, -0.1) is 0 Å². The van der Waals surface area contributed by atoms with E-state index >= 15 is 0 Å². The molecule has 0 spiro atoms. The number of nitrogens with one attached hydrogen (secondary N) is 1. The van der Waals surface area contributed by atoms with E-state index in [1.165, 1.54) is 0 Å². The molecular formula is C20H20ClN3O2. The third-order valence-corrected chi connectivity index (χ3v) is 4.28. The van der Waals surface area contributed by atoms with E-state index in [9.17, 15) is 4.79 Å². The molecule has 6 heteroatoms. The molecule has 1 heterocycles. The summed E-state index contributed by atoms with van der Waals surface area (Å²) in [5.41, 5.74) is 3.12. The number of hydrogen-bond acceptors (Lipinski definition) is 3. The molecule has 2 aromatic carbocycles. The molecule has 3 aromatic rings. The Balaban J connectivity index is 1.68. The number of carbonyl (C=O) groups excluding carboxylic acids is 1. The molecular weight excluding hydrogens is 350 g/mol. The quantitative estimate of drug-likeness (QED) is 0.685. The van der Waals surface area contributed by atoms with Crippen LogP contribution in [0.5, 0.6) is 5.75 Å². The van der Waals surface area contributed by atoms with Crippen LogP contribution in [0.4, 0.5) is 5.69 Å². The molecule has 0 aliphatic rings. The molecule has 26 heavy (non-hydrogen) atoms. The van der Waals surface area contributed by atoms with Crippen molar-refractivity contribution in [1.29, 1.82) is 0 Å². The second-order valence-corrected chi connectivity index (χ2v) is 6.30. The lowest BCUT2D eigenvalue weighted by molar-refractivity contribution is 0.102. The largest absolute Gasteiger partial charge is 0.489 e. The van der Waals surface area contributed by atoms with E-state index in [4.69, 9.17) is 16.3 Å². The van der Waals surface area contributed by atoms with Crippen LogP contribution in [0.15, 0.2) is 54.7 Å². The summed E-state index contributed by atoms with van der Waals surface area (Å²) in [6.45, 7) is 5.06. The SMILES string of the molecule is CCn1ncc(NC(=O)c2cccc(COc3cccc(Cl)c3)c2)c1C. The maximum atomic E-state index is 12.5. The van der Waals surface area contributed by atoms with Gasteiger partial charge in [-0.2, -0.15) is 5.10 Å². The third-order valence-electron chi connectivity index (χ3n) is 4.04. The van der Waals surface area contributed by atoms with Gasteiger partial charge in [0.25, 0.3) is 5.91 Å². The van der Waals surface area contributed by atoms with Crippen LogP contribution in [0.1, 0.15) is 28.5 Å². The summed E-state index contributed by atoms with van der Waals surface area (Å²) in [4.78, 5) is 12.5. The molecule has 0 unspecified atom stereocenters. The summed E-state index contributed by atoms with van der Waals surface area (Å²) < 4.78 is 7.57. The predicted molar refractivity (Wildman–Crippen MR) is 103 cm³/mol. The van der Waals surface area contributed by atoms with Crippen molar-refractivity contribution in [2.75, 3.05) is 5.32 Å². The average Bonchev–Trinajstić information content (AvgIpc) is 3.00. The van der Waals surface area contributed by atoms with E-state index in [1.54, 1.807) is 24.4 Å². The van der Waals surface area contributed by atoms with Crippen molar-refractivity contribution in [2.45, 2.75) is 27.0 Å². The predicted octanol–water partition coefficient (Wildman–Crippen LogP) is 4.70. The van der Waals surface area contributed by atoms with E-state index in [0.717, 1.165) is 23.5 Å². The third kappa shape index (κ3) is 4.24. The number of halogens is 1. The number of aromatic nitrogens is 2. The highest BCUT2D eigenvalue weighted by Gasteiger charge is 2.11. The summed E-state index contributed by atoms with van der Waals surface area (Å²) >= 11 is 5.96. The Hall–Kier alpha value is -2.79. The number of ether oxygens (including phenoxy) is 1. The minimum atomic E-state index is -0.173. The van der Waals surface area contributed by atoms with Crippen LogP contribution in [0.2, 0.25) is 5.02 Å². The fraction of sp³-hybridized carbons (Fsp3) is 0.200. The number of rotatable bonds is 6. The normalized spacial score (nSPS) is 10.6. The van der Waals surface area contributed by atoms with Crippen molar-refractivity contribution < 1.29 is 9.53 Å². The molecule has 0 aliphatic heterocycles. The number of hydrogen-bond donors (Lipinski definition) is 1. The zero-order valence-corrected chi connectivity index (χ0v) is 15.5. The number of amides is 1. The topological polar surface area (TPSA) is 56.2 Å². The Morgan fingerprint density at radius 1 is 1.23 bits per heavy atom. The average molecular weight is 370 g/mol. The molecule has 0 radical (unpaired) electrons. The van der Waals surface area contributed by atoms with Crippen LogP contribution in [0.25, 0.3) is 0 Å². The lowest BCUT2D eigenvalue weighted by Gasteiger charge is -2.09. The summed E-state index contributed by atoms with van der Waals surface area (Å²) in [5.74, 6) is 0.517. The van der Waals surface area contributed by atoms with Crippen molar-refractivity contribution in [2.24, 2.45) is 0 Å². The van der Waals surface area contributed by atoms with Crippen LogP contribution in [0.3, 0.4) is 0 Å². The number of aryl methyl sites for hydroxylation is 1. The molecule has 1 aromatic heterocycles. The lowest BCUT2D eigenvalue weighted by atomic mass is 10.1. The smallest absolute Gasteiger partial charge is 0.255 e. The molecule has 0 saturated heterocycles. The first-order valence-corrected chi connectivity index (χ1v) is 8.75. The van der Waals surface area contributed by atoms with E-state index in [2.05, 4.69) is 10.4 Å². The second kappa shape index (κ2) is 8.06. The van der Waals surface area contributed by atoms with Gasteiger partial charge in [-0.3, -0.25) is 9.48 Å². The van der Waals surface area contributed by atoms with Crippen LogP contribution in [-0.2, 0) is 13.2 Å². The Labute approximate surface area is 157 Å². The zero-order valence-electron chi connectivity index (χ0n) is 14.7. The Bertz CT molecular complexity index is 921. The van der Waals surface area contributed by atoms with Crippen LogP contribution in [-0.4, -0.2) is 15.7 Å². The number of anilines is 1. The first-order chi connectivity index (χ1) is 12.6. The van der Waals surface area contributed by atoms with Gasteiger partial charge in [-0.05, 0) is 49.7 Å². The van der Waals surface area contributed by atoms with Gasteiger partial charge >= 0.3 is 0 Å². The zero-order chi connectivity index (χ0) is 18.5. The molecule has 134 valence electrons. The first kappa shape index (κ1) is 18.0. The van der Waals surface area contributed by atoms with Crippen molar-refractivity contribution in [1.82, 2.24) is 9.78 Å². The van der Waals surface area contributed by atoms with Gasteiger partial charge < -0.3 is 10.1 Å². The molecule has 0 atom stereocenters. The molecule has 1 N–H and O–H groups in total. The Morgan fingerprint density at radius 3 is 2.77 bits per heavy atom. The number of benzene rings is 2. The van der Waals surface area contributed by atoms with Crippen molar-refractivity contribution in [3.63, 3.8) is 0 Å². The molecule has 0 aliphatic carbocycles. The minimum Gasteiger partial charge on any atom is -0.489 e. The minimum absolute atomic E-state index is 0.173. The first-order valence-electron chi connectivity index (χ1n) is 8.38. The van der Waals surface area contributed by atoms with Crippen molar-refractivity contribution in [3.05, 3.63) is 76.6 Å². The molecule has 0 saturated carbocycles. The van der Waals surface area contributed by atoms with E-state index < -0.39 is 0 Å². The maximum Gasteiger partial charge on any atom is 0.255 e. The summed E-state index contributed by atoms with van der Waals surface area (Å²) in [7, 11) is 0. The summed E-state index contributed by atoms with van der Waals surface area (Å²) in [6, 6.07) is 14.6. The van der Waals surface area contributed by atoms with Gasteiger partial charge in [0.1, 0.15) is 12.4 Å². The molecule has 0 bridgehead atoms. The maximum absolute atomic E-state index is 12.5. The lowest BCUT2D eigenvalue weighted by Crippen LogP contribution is -2.13. The Morgan fingerprint density at radius 2 is 2.04 bits per heavy atom. The second-order valence-electron chi connectivity index (χ2n) is 5.86. The highest BCUT2D eigenvalue weighted by molar-refractivity contribution is 6.30. The van der Waals surface area contributed by atoms with Crippen molar-refractivity contribution in [3.8, 4) is 5.75 Å². The fourth-order valence-corrected chi connectivity index (χ4v) is 2.79. The van der Waals surface area contributed by atoms with Crippen LogP contribution >= 0.6 is 11.6 Å². The van der Waals surface area contributed by atoms with Gasteiger partial charge in [0.05, 0.1) is 17.6 Å². The monoisotopic (exact) mass is 369 g/mol. The molecule has 1 amide bonds. The van der Waals surface area contributed by atoms with Gasteiger partial charge in [0.2, 0.25) is 0 Å².